The highest BCUT2D eigenvalue weighted by molar-refractivity contribution is 5.75. The second-order valence-corrected chi connectivity index (χ2v) is 6.63. The molecule has 0 aromatic rings. The first-order valence-electron chi connectivity index (χ1n) is 8.42. The Bertz CT molecular complexity index is 304. The molecule has 0 aromatic carbocycles. The molecule has 1 aliphatic carbocycles. The van der Waals surface area contributed by atoms with Gasteiger partial charge in [-0.25, -0.2) is 4.79 Å². The van der Waals surface area contributed by atoms with Crippen molar-refractivity contribution in [3.05, 3.63) is 0 Å². The molecule has 2 amide bonds. The van der Waals surface area contributed by atoms with E-state index in [1.807, 2.05) is 0 Å². The molecule has 0 aromatic heterocycles. The van der Waals surface area contributed by atoms with Gasteiger partial charge in [-0.15, -0.1) is 0 Å². The van der Waals surface area contributed by atoms with Gasteiger partial charge in [0.05, 0.1) is 0 Å². The van der Waals surface area contributed by atoms with E-state index in [1.165, 1.54) is 64.2 Å². The van der Waals surface area contributed by atoms with Gasteiger partial charge in [0.15, 0.2) is 0 Å². The summed E-state index contributed by atoms with van der Waals surface area (Å²) in [4.78, 5) is 17.1. The molecule has 3 fully saturated rings. The lowest BCUT2D eigenvalue weighted by Crippen LogP contribution is -2.47. The molecule has 3 aliphatic rings. The summed E-state index contributed by atoms with van der Waals surface area (Å²) in [7, 11) is 0. The number of hydrogen-bond acceptors (Lipinski definition) is 1. The number of carbonyl (C=O) groups is 1. The van der Waals surface area contributed by atoms with Crippen LogP contribution < -0.4 is 0 Å². The lowest BCUT2D eigenvalue weighted by molar-refractivity contribution is 0.134. The Balaban J connectivity index is 1.63. The number of amides is 2. The third-order valence-electron chi connectivity index (χ3n) is 5.37. The van der Waals surface area contributed by atoms with Crippen molar-refractivity contribution in [1.82, 2.24) is 9.80 Å². The maximum Gasteiger partial charge on any atom is 0.320 e. The van der Waals surface area contributed by atoms with Gasteiger partial charge in [-0.3, -0.25) is 0 Å². The number of likely N-dealkylation sites (tertiary alicyclic amines) is 2. The van der Waals surface area contributed by atoms with E-state index in [2.05, 4.69) is 9.80 Å². The summed E-state index contributed by atoms with van der Waals surface area (Å²) in [6.07, 6.45) is 13.0. The second kappa shape index (κ2) is 6.15. The Labute approximate surface area is 117 Å². The number of urea groups is 1. The topological polar surface area (TPSA) is 23.6 Å². The molecule has 2 heterocycles. The minimum Gasteiger partial charge on any atom is -0.325 e. The molecule has 108 valence electrons. The minimum atomic E-state index is 0.358. The monoisotopic (exact) mass is 264 g/mol. The number of rotatable bonds is 1. The van der Waals surface area contributed by atoms with Gasteiger partial charge < -0.3 is 9.80 Å². The van der Waals surface area contributed by atoms with Crippen LogP contribution in [0.5, 0.6) is 0 Å². The van der Waals surface area contributed by atoms with E-state index in [-0.39, 0.29) is 0 Å². The summed E-state index contributed by atoms with van der Waals surface area (Å²) in [6.45, 7) is 3.00. The van der Waals surface area contributed by atoms with Crippen molar-refractivity contribution < 1.29 is 4.79 Å². The van der Waals surface area contributed by atoms with Crippen LogP contribution in [0.15, 0.2) is 0 Å². The van der Waals surface area contributed by atoms with Crippen LogP contribution in [0.4, 0.5) is 4.79 Å². The first-order valence-corrected chi connectivity index (χ1v) is 8.42. The van der Waals surface area contributed by atoms with Crippen LogP contribution >= 0.6 is 0 Å². The van der Waals surface area contributed by atoms with Crippen molar-refractivity contribution in [3.63, 3.8) is 0 Å². The van der Waals surface area contributed by atoms with E-state index in [9.17, 15) is 4.79 Å². The molecule has 3 heteroatoms. The van der Waals surface area contributed by atoms with Crippen LogP contribution in [0.2, 0.25) is 0 Å². The van der Waals surface area contributed by atoms with Crippen molar-refractivity contribution in [2.75, 3.05) is 19.6 Å². The van der Waals surface area contributed by atoms with E-state index in [4.69, 9.17) is 0 Å². The SMILES string of the molecule is O=C(N1CCCCCC1)N1CCCC1C1CCCC1. The summed E-state index contributed by atoms with van der Waals surface area (Å²) in [6, 6.07) is 0.926. The Morgan fingerprint density at radius 2 is 1.42 bits per heavy atom. The molecule has 3 rings (SSSR count). The summed E-state index contributed by atoms with van der Waals surface area (Å²) in [5, 5.41) is 0. The molecular weight excluding hydrogens is 236 g/mol. The molecule has 2 aliphatic heterocycles. The average Bonchev–Trinajstić information content (AvgIpc) is 3.03. The predicted molar refractivity (Wildman–Crippen MR) is 77.1 cm³/mol. The number of hydrogen-bond donors (Lipinski definition) is 0. The van der Waals surface area contributed by atoms with Gasteiger partial charge >= 0.3 is 6.03 Å². The van der Waals surface area contributed by atoms with Gasteiger partial charge in [0.2, 0.25) is 0 Å². The van der Waals surface area contributed by atoms with Crippen molar-refractivity contribution in [2.45, 2.75) is 70.3 Å². The second-order valence-electron chi connectivity index (χ2n) is 6.63. The van der Waals surface area contributed by atoms with Crippen molar-refractivity contribution in [1.29, 1.82) is 0 Å². The zero-order valence-electron chi connectivity index (χ0n) is 12.1. The van der Waals surface area contributed by atoms with Gasteiger partial charge in [0.1, 0.15) is 0 Å². The van der Waals surface area contributed by atoms with Gasteiger partial charge in [-0.05, 0) is 44.4 Å². The largest absolute Gasteiger partial charge is 0.325 e. The molecule has 1 atom stereocenters. The van der Waals surface area contributed by atoms with E-state index in [0.717, 1.165) is 25.6 Å². The molecule has 19 heavy (non-hydrogen) atoms. The van der Waals surface area contributed by atoms with Crippen LogP contribution in [0.3, 0.4) is 0 Å². The first kappa shape index (κ1) is 13.3. The van der Waals surface area contributed by atoms with Gasteiger partial charge in [0.25, 0.3) is 0 Å². The van der Waals surface area contributed by atoms with Crippen molar-refractivity contribution in [2.24, 2.45) is 5.92 Å². The molecule has 0 radical (unpaired) electrons. The lowest BCUT2D eigenvalue weighted by Gasteiger charge is -2.34. The van der Waals surface area contributed by atoms with Gasteiger partial charge in [-0.2, -0.15) is 0 Å². The van der Waals surface area contributed by atoms with E-state index >= 15 is 0 Å². The normalized spacial score (nSPS) is 29.8. The highest BCUT2D eigenvalue weighted by Gasteiger charge is 2.37. The summed E-state index contributed by atoms with van der Waals surface area (Å²) < 4.78 is 0. The molecular formula is C16H28N2O. The fraction of sp³-hybridized carbons (Fsp3) is 0.938. The molecule has 0 bridgehead atoms. The van der Waals surface area contributed by atoms with E-state index < -0.39 is 0 Å². The van der Waals surface area contributed by atoms with Crippen LogP contribution in [0, 0.1) is 5.92 Å². The quantitative estimate of drug-likeness (QED) is 0.709. The molecule has 0 spiro atoms. The molecule has 1 unspecified atom stereocenters. The number of carbonyl (C=O) groups excluding carboxylic acids is 1. The maximum atomic E-state index is 12.8. The van der Waals surface area contributed by atoms with Gasteiger partial charge in [0, 0.05) is 25.7 Å². The van der Waals surface area contributed by atoms with Crippen LogP contribution in [0.25, 0.3) is 0 Å². The maximum absolute atomic E-state index is 12.8. The average molecular weight is 264 g/mol. The first-order chi connectivity index (χ1) is 9.36. The Morgan fingerprint density at radius 1 is 0.737 bits per heavy atom. The smallest absolute Gasteiger partial charge is 0.320 e. The summed E-state index contributed by atoms with van der Waals surface area (Å²) in [5.41, 5.74) is 0. The third kappa shape index (κ3) is 2.90. The van der Waals surface area contributed by atoms with Crippen LogP contribution in [0.1, 0.15) is 64.2 Å². The van der Waals surface area contributed by atoms with E-state index in [0.29, 0.717) is 12.1 Å². The fourth-order valence-electron chi connectivity index (χ4n) is 4.31. The van der Waals surface area contributed by atoms with E-state index in [1.54, 1.807) is 0 Å². The standard InChI is InChI=1S/C16H28N2O/c19-16(17-11-5-1-2-6-12-17)18-13-7-10-15(18)14-8-3-4-9-14/h14-15H,1-13H2. The summed E-state index contributed by atoms with van der Waals surface area (Å²) >= 11 is 0. The predicted octanol–water partition coefficient (Wildman–Crippen LogP) is 3.64. The minimum absolute atomic E-state index is 0.358. The van der Waals surface area contributed by atoms with Gasteiger partial charge in [-0.1, -0.05) is 25.7 Å². The molecule has 2 saturated heterocycles. The molecule has 1 saturated carbocycles. The molecule has 0 N–H and O–H groups in total. The third-order valence-corrected chi connectivity index (χ3v) is 5.37. The van der Waals surface area contributed by atoms with Crippen molar-refractivity contribution in [3.8, 4) is 0 Å². The number of nitrogens with zero attached hydrogens (tertiary/aromatic N) is 2. The highest BCUT2D eigenvalue weighted by atomic mass is 16.2. The Hall–Kier alpha value is -0.730. The fourth-order valence-corrected chi connectivity index (χ4v) is 4.31. The summed E-state index contributed by atoms with van der Waals surface area (Å²) in [5.74, 6) is 0.804. The van der Waals surface area contributed by atoms with Crippen LogP contribution in [-0.2, 0) is 0 Å². The zero-order valence-corrected chi connectivity index (χ0v) is 12.1. The zero-order chi connectivity index (χ0) is 13.1. The molecule has 3 nitrogen and oxygen atoms in total. The highest BCUT2D eigenvalue weighted by Crippen LogP contribution is 2.36. The Morgan fingerprint density at radius 3 is 2.11 bits per heavy atom. The van der Waals surface area contributed by atoms with Crippen molar-refractivity contribution >= 4 is 6.03 Å². The van der Waals surface area contributed by atoms with Crippen LogP contribution in [-0.4, -0.2) is 41.5 Å². The lowest BCUT2D eigenvalue weighted by atomic mass is 9.96. The Kier molecular flexibility index (Phi) is 4.29.